The van der Waals surface area contributed by atoms with Crippen molar-refractivity contribution in [2.45, 2.75) is 4.90 Å². The quantitative estimate of drug-likeness (QED) is 0.241. The zero-order valence-electron chi connectivity index (χ0n) is 17.4. The lowest BCUT2D eigenvalue weighted by Gasteiger charge is -2.33. The summed E-state index contributed by atoms with van der Waals surface area (Å²) in [5, 5.41) is 31.4. The van der Waals surface area contributed by atoms with Crippen molar-refractivity contribution in [3.05, 3.63) is 70.2 Å². The van der Waals surface area contributed by atoms with Gasteiger partial charge in [-0.05, 0) is 18.2 Å². The third kappa shape index (κ3) is 4.42. The topological polar surface area (TPSA) is 156 Å². The number of imidazole rings is 1. The fourth-order valence-electron chi connectivity index (χ4n) is 3.71. The van der Waals surface area contributed by atoms with Crippen LogP contribution in [0.15, 0.2) is 59.2 Å². The summed E-state index contributed by atoms with van der Waals surface area (Å²) in [6, 6.07) is 14.5. The number of nitriles is 1. The highest BCUT2D eigenvalue weighted by Crippen LogP contribution is 2.27. The van der Waals surface area contributed by atoms with Crippen molar-refractivity contribution in [1.29, 1.82) is 5.26 Å². The van der Waals surface area contributed by atoms with Crippen molar-refractivity contribution >= 4 is 32.3 Å². The first-order valence-electron chi connectivity index (χ1n) is 10.0. The van der Waals surface area contributed by atoms with E-state index in [0.29, 0.717) is 5.52 Å². The van der Waals surface area contributed by atoms with E-state index in [9.17, 15) is 28.9 Å². The number of nitro benzene ring substituents is 1. The van der Waals surface area contributed by atoms with Crippen LogP contribution in [-0.4, -0.2) is 70.3 Å². The Hall–Kier alpha value is -3.79. The number of hydrogen-bond donors (Lipinski definition) is 2. The Morgan fingerprint density at radius 3 is 2.48 bits per heavy atom. The van der Waals surface area contributed by atoms with Gasteiger partial charge in [-0.3, -0.25) is 15.0 Å². The Bertz CT molecular complexity index is 1350. The molecule has 1 fully saturated rings. The predicted octanol–water partition coefficient (Wildman–Crippen LogP) is 2.27. The number of sulfonamides is 1. The lowest BCUT2D eigenvalue weighted by Crippen LogP contribution is -2.49. The lowest BCUT2D eigenvalue weighted by atomic mass is 10.2. The highest BCUT2D eigenvalue weighted by molar-refractivity contribution is 7.89. The van der Waals surface area contributed by atoms with E-state index < -0.39 is 20.6 Å². The van der Waals surface area contributed by atoms with Crippen molar-refractivity contribution in [3.8, 4) is 6.07 Å². The second-order valence-corrected chi connectivity index (χ2v) is 9.35. The molecule has 33 heavy (non-hydrogen) atoms. The normalized spacial score (nSPS) is 16.3. The van der Waals surface area contributed by atoms with E-state index >= 15 is 0 Å². The van der Waals surface area contributed by atoms with E-state index in [1.54, 1.807) is 11.0 Å². The number of H-pyrrole nitrogens is 1. The standard InChI is InChI=1S/C21H20N6O5S/c22-13-15(21-23-16-5-1-2-6-17(16)24-21)19(28)14-25-9-11-26(12-10-25)33(31,32)20-8-4-3-7-18(20)27(29)30/h1-8,28H,9-12,14H2,(H,23,24). The Balaban J connectivity index is 1.48. The summed E-state index contributed by atoms with van der Waals surface area (Å²) in [6.45, 7) is 0.785. The molecule has 11 nitrogen and oxygen atoms in total. The van der Waals surface area contributed by atoms with Gasteiger partial charge < -0.3 is 10.1 Å². The van der Waals surface area contributed by atoms with Gasteiger partial charge in [-0.15, -0.1) is 0 Å². The Morgan fingerprint density at radius 2 is 1.82 bits per heavy atom. The number of aromatic nitrogens is 2. The Labute approximate surface area is 189 Å². The number of nitrogens with one attached hydrogen (secondary N) is 1. The fourth-order valence-corrected chi connectivity index (χ4v) is 5.29. The molecular formula is C21H20N6O5S. The Kier molecular flexibility index (Phi) is 6.10. The maximum Gasteiger partial charge on any atom is 0.289 e. The minimum atomic E-state index is -4.05. The van der Waals surface area contributed by atoms with Gasteiger partial charge in [0.15, 0.2) is 10.7 Å². The minimum Gasteiger partial charge on any atom is -0.509 e. The van der Waals surface area contributed by atoms with Crippen LogP contribution in [0.4, 0.5) is 5.69 Å². The van der Waals surface area contributed by atoms with E-state index in [2.05, 4.69) is 9.97 Å². The van der Waals surface area contributed by atoms with Gasteiger partial charge in [0, 0.05) is 32.2 Å². The van der Waals surface area contributed by atoms with E-state index in [1.807, 2.05) is 24.3 Å². The zero-order chi connectivity index (χ0) is 23.6. The van der Waals surface area contributed by atoms with Gasteiger partial charge in [0.1, 0.15) is 17.4 Å². The van der Waals surface area contributed by atoms with Gasteiger partial charge in [-0.1, -0.05) is 24.3 Å². The molecule has 2 aromatic carbocycles. The van der Waals surface area contributed by atoms with Crippen molar-refractivity contribution in [1.82, 2.24) is 19.2 Å². The molecule has 0 saturated carbocycles. The molecule has 0 unspecified atom stereocenters. The number of nitro groups is 1. The molecule has 2 N–H and O–H groups in total. The minimum absolute atomic E-state index is 0.0150. The predicted molar refractivity (Wildman–Crippen MR) is 120 cm³/mol. The number of nitrogens with zero attached hydrogens (tertiary/aromatic N) is 5. The van der Waals surface area contributed by atoms with Crippen LogP contribution in [0.2, 0.25) is 0 Å². The highest BCUT2D eigenvalue weighted by atomic mass is 32.2. The summed E-state index contributed by atoms with van der Waals surface area (Å²) in [5.41, 5.74) is 0.954. The maximum absolute atomic E-state index is 13.0. The van der Waals surface area contributed by atoms with Crippen LogP contribution < -0.4 is 0 Å². The lowest BCUT2D eigenvalue weighted by molar-refractivity contribution is -0.387. The molecule has 0 radical (unpaired) electrons. The first-order valence-corrected chi connectivity index (χ1v) is 11.5. The molecule has 1 saturated heterocycles. The fraction of sp³-hybridized carbons (Fsp3) is 0.238. The van der Waals surface area contributed by atoms with Crippen LogP contribution in [0.5, 0.6) is 0 Å². The zero-order valence-corrected chi connectivity index (χ0v) is 18.2. The third-order valence-corrected chi connectivity index (χ3v) is 7.36. The molecule has 0 amide bonds. The summed E-state index contributed by atoms with van der Waals surface area (Å²) in [5.74, 6) is 0.0837. The van der Waals surface area contributed by atoms with Gasteiger partial charge in [0.25, 0.3) is 5.69 Å². The average Bonchev–Trinajstić information content (AvgIpc) is 3.23. The van der Waals surface area contributed by atoms with Crippen LogP contribution in [0, 0.1) is 21.4 Å². The summed E-state index contributed by atoms with van der Waals surface area (Å²) in [6.07, 6.45) is 0. The number of piperazine rings is 1. The number of rotatable bonds is 6. The molecule has 0 spiro atoms. The number of hydrogen-bond acceptors (Lipinski definition) is 8. The molecule has 0 atom stereocenters. The van der Waals surface area contributed by atoms with Crippen LogP contribution in [-0.2, 0) is 10.0 Å². The third-order valence-electron chi connectivity index (χ3n) is 5.41. The smallest absolute Gasteiger partial charge is 0.289 e. The summed E-state index contributed by atoms with van der Waals surface area (Å²) >= 11 is 0. The highest BCUT2D eigenvalue weighted by Gasteiger charge is 2.33. The molecule has 1 aliphatic rings. The molecular weight excluding hydrogens is 448 g/mol. The molecule has 170 valence electrons. The van der Waals surface area contributed by atoms with Gasteiger partial charge in [0.05, 0.1) is 22.5 Å². The summed E-state index contributed by atoms with van der Waals surface area (Å²) in [4.78, 5) is 19.3. The van der Waals surface area contributed by atoms with Gasteiger partial charge >= 0.3 is 0 Å². The molecule has 0 bridgehead atoms. The number of para-hydroxylation sites is 3. The van der Waals surface area contributed by atoms with Gasteiger partial charge in [0.2, 0.25) is 10.0 Å². The first-order chi connectivity index (χ1) is 15.8. The first kappa shape index (κ1) is 22.4. The van der Waals surface area contributed by atoms with Crippen LogP contribution >= 0.6 is 0 Å². The number of aliphatic hydroxyl groups excluding tert-OH is 1. The number of fused-ring (bicyclic) bond motifs is 1. The van der Waals surface area contributed by atoms with Crippen molar-refractivity contribution in [2.24, 2.45) is 0 Å². The molecule has 4 rings (SSSR count). The average molecular weight is 468 g/mol. The SMILES string of the molecule is N#CC(=C(O)CN1CCN(S(=O)(=O)c2ccccc2[N+](=O)[O-])CC1)c1nc2ccccc2[nH]1. The number of allylic oxidation sites excluding steroid dienone is 1. The summed E-state index contributed by atoms with van der Waals surface area (Å²) in [7, 11) is -4.05. The van der Waals surface area contributed by atoms with E-state index in [0.717, 1.165) is 11.6 Å². The summed E-state index contributed by atoms with van der Waals surface area (Å²) < 4.78 is 27.1. The largest absolute Gasteiger partial charge is 0.509 e. The molecule has 3 aromatic rings. The second-order valence-electron chi connectivity index (χ2n) is 7.44. The van der Waals surface area contributed by atoms with Gasteiger partial charge in [-0.25, -0.2) is 13.4 Å². The maximum atomic E-state index is 13.0. The Morgan fingerprint density at radius 1 is 1.15 bits per heavy atom. The second kappa shape index (κ2) is 8.99. The van der Waals surface area contributed by atoms with Crippen molar-refractivity contribution in [2.75, 3.05) is 32.7 Å². The number of aliphatic hydroxyl groups is 1. The van der Waals surface area contributed by atoms with E-state index in [-0.39, 0.29) is 54.8 Å². The van der Waals surface area contributed by atoms with Crippen molar-refractivity contribution < 1.29 is 18.4 Å². The molecule has 1 aliphatic heterocycles. The number of aromatic amines is 1. The van der Waals surface area contributed by atoms with Crippen LogP contribution in [0.25, 0.3) is 16.6 Å². The van der Waals surface area contributed by atoms with Crippen molar-refractivity contribution in [3.63, 3.8) is 0 Å². The molecule has 0 aliphatic carbocycles. The van der Waals surface area contributed by atoms with E-state index in [4.69, 9.17) is 0 Å². The molecule has 2 heterocycles. The van der Waals surface area contributed by atoms with Crippen LogP contribution in [0.1, 0.15) is 5.82 Å². The van der Waals surface area contributed by atoms with E-state index in [1.165, 1.54) is 22.5 Å². The monoisotopic (exact) mass is 468 g/mol. The number of benzene rings is 2. The molecule has 1 aromatic heterocycles. The van der Waals surface area contributed by atoms with Gasteiger partial charge in [-0.2, -0.15) is 9.57 Å². The molecule has 12 heteroatoms. The van der Waals surface area contributed by atoms with Crippen LogP contribution in [0.3, 0.4) is 0 Å².